The SMILES string of the molecule is C=C(CO)C1CC=C(C)CCC=C(C)CC/C=C(\C)CC1. The van der Waals surface area contributed by atoms with Crippen molar-refractivity contribution < 1.29 is 5.11 Å². The standard InChI is InChI=1S/C20H32O/c1-16-7-5-9-17(2)11-13-20(19(4)15-21)14-12-18(3)10-6-8-16/h7,10-11,20-21H,4-6,8-9,12-15H2,1-3H3/b16-7?,17-11?,18-10+. The van der Waals surface area contributed by atoms with Crippen LogP contribution in [0.2, 0.25) is 0 Å². The van der Waals surface area contributed by atoms with Gasteiger partial charge >= 0.3 is 0 Å². The number of rotatable bonds is 2. The maximum absolute atomic E-state index is 9.38. The number of aliphatic hydroxyl groups excluding tert-OH is 1. The summed E-state index contributed by atoms with van der Waals surface area (Å²) < 4.78 is 0. The molecule has 1 aliphatic carbocycles. The highest BCUT2D eigenvalue weighted by atomic mass is 16.3. The molecular formula is C20H32O. The topological polar surface area (TPSA) is 20.2 Å². The van der Waals surface area contributed by atoms with Crippen molar-refractivity contribution in [1.82, 2.24) is 0 Å². The zero-order valence-corrected chi connectivity index (χ0v) is 14.1. The normalized spacial score (nSPS) is 25.1. The Hall–Kier alpha value is -1.08. The van der Waals surface area contributed by atoms with Crippen molar-refractivity contribution in [1.29, 1.82) is 0 Å². The molecule has 1 aliphatic rings. The van der Waals surface area contributed by atoms with Gasteiger partial charge in [-0.25, -0.2) is 0 Å². The molecule has 118 valence electrons. The summed E-state index contributed by atoms with van der Waals surface area (Å²) in [5.74, 6) is 0.411. The lowest BCUT2D eigenvalue weighted by Gasteiger charge is -2.17. The molecule has 0 radical (unpaired) electrons. The van der Waals surface area contributed by atoms with E-state index in [9.17, 15) is 5.11 Å². The van der Waals surface area contributed by atoms with Gasteiger partial charge in [0.2, 0.25) is 0 Å². The first kappa shape index (κ1) is 18.0. The first-order valence-electron chi connectivity index (χ1n) is 8.28. The van der Waals surface area contributed by atoms with E-state index < -0.39 is 0 Å². The second-order valence-corrected chi connectivity index (χ2v) is 6.52. The summed E-state index contributed by atoms with van der Waals surface area (Å²) in [5, 5.41) is 9.38. The lowest BCUT2D eigenvalue weighted by molar-refractivity contribution is 0.311. The summed E-state index contributed by atoms with van der Waals surface area (Å²) in [5.41, 5.74) is 5.42. The van der Waals surface area contributed by atoms with Crippen molar-refractivity contribution >= 4 is 0 Å². The van der Waals surface area contributed by atoms with Crippen LogP contribution >= 0.6 is 0 Å². The minimum Gasteiger partial charge on any atom is -0.392 e. The third kappa shape index (κ3) is 7.47. The van der Waals surface area contributed by atoms with Gasteiger partial charge in [-0.15, -0.1) is 0 Å². The van der Waals surface area contributed by atoms with Gasteiger partial charge in [0.05, 0.1) is 6.61 Å². The highest BCUT2D eigenvalue weighted by Crippen LogP contribution is 2.24. The van der Waals surface area contributed by atoms with Gasteiger partial charge in [-0.3, -0.25) is 0 Å². The van der Waals surface area contributed by atoms with Crippen LogP contribution < -0.4 is 0 Å². The van der Waals surface area contributed by atoms with Crippen LogP contribution in [0.5, 0.6) is 0 Å². The molecule has 0 spiro atoms. The Morgan fingerprint density at radius 3 is 2.10 bits per heavy atom. The number of allylic oxidation sites excluding steroid dienone is 6. The third-order valence-corrected chi connectivity index (χ3v) is 4.48. The van der Waals surface area contributed by atoms with E-state index in [2.05, 4.69) is 45.6 Å². The Bertz CT molecular complexity index is 423. The molecule has 0 saturated carbocycles. The molecule has 0 aliphatic heterocycles. The Balaban J connectivity index is 2.80. The van der Waals surface area contributed by atoms with Crippen molar-refractivity contribution in [3.05, 3.63) is 47.1 Å². The van der Waals surface area contributed by atoms with E-state index in [0.717, 1.165) is 44.1 Å². The van der Waals surface area contributed by atoms with E-state index >= 15 is 0 Å². The molecule has 1 N–H and O–H groups in total. The number of hydrogen-bond acceptors (Lipinski definition) is 1. The van der Waals surface area contributed by atoms with Crippen molar-refractivity contribution in [2.75, 3.05) is 6.61 Å². The maximum atomic E-state index is 9.38. The number of hydrogen-bond donors (Lipinski definition) is 1. The van der Waals surface area contributed by atoms with Crippen LogP contribution in [0.3, 0.4) is 0 Å². The van der Waals surface area contributed by atoms with Gasteiger partial charge in [0.15, 0.2) is 0 Å². The van der Waals surface area contributed by atoms with Crippen molar-refractivity contribution in [2.24, 2.45) is 5.92 Å². The quantitative estimate of drug-likeness (QED) is 0.643. The van der Waals surface area contributed by atoms with E-state index in [1.54, 1.807) is 0 Å². The molecular weight excluding hydrogens is 256 g/mol. The van der Waals surface area contributed by atoms with Crippen LogP contribution in [0.4, 0.5) is 0 Å². The highest BCUT2D eigenvalue weighted by molar-refractivity contribution is 5.11. The van der Waals surface area contributed by atoms with E-state index in [1.807, 2.05) is 0 Å². The largest absolute Gasteiger partial charge is 0.392 e. The fourth-order valence-corrected chi connectivity index (χ4v) is 2.76. The Kier molecular flexibility index (Phi) is 8.37. The van der Waals surface area contributed by atoms with Crippen molar-refractivity contribution in [2.45, 2.75) is 65.7 Å². The van der Waals surface area contributed by atoms with Crippen LogP contribution in [0, 0.1) is 5.92 Å². The van der Waals surface area contributed by atoms with Crippen LogP contribution in [-0.4, -0.2) is 11.7 Å². The first-order chi connectivity index (χ1) is 10.0. The summed E-state index contributed by atoms with van der Waals surface area (Å²) in [6, 6.07) is 0. The summed E-state index contributed by atoms with van der Waals surface area (Å²) in [6.45, 7) is 10.9. The van der Waals surface area contributed by atoms with E-state index in [0.29, 0.717) is 5.92 Å². The van der Waals surface area contributed by atoms with Crippen LogP contribution in [0.1, 0.15) is 65.7 Å². The van der Waals surface area contributed by atoms with Gasteiger partial charge < -0.3 is 5.11 Å². The lowest BCUT2D eigenvalue weighted by Crippen LogP contribution is -2.07. The fourth-order valence-electron chi connectivity index (χ4n) is 2.76. The van der Waals surface area contributed by atoms with Crippen LogP contribution in [0.25, 0.3) is 0 Å². The highest BCUT2D eigenvalue weighted by Gasteiger charge is 2.11. The summed E-state index contributed by atoms with van der Waals surface area (Å²) in [6.07, 6.45) is 14.9. The van der Waals surface area contributed by atoms with Gasteiger partial charge in [0, 0.05) is 0 Å². The van der Waals surface area contributed by atoms with Gasteiger partial charge in [-0.1, -0.05) is 41.5 Å². The molecule has 0 heterocycles. The first-order valence-corrected chi connectivity index (χ1v) is 8.28. The van der Waals surface area contributed by atoms with E-state index in [-0.39, 0.29) is 6.61 Å². The molecule has 0 amide bonds. The molecule has 0 saturated heterocycles. The maximum Gasteiger partial charge on any atom is 0.0641 e. The van der Waals surface area contributed by atoms with Gasteiger partial charge in [0.1, 0.15) is 0 Å². The van der Waals surface area contributed by atoms with Crippen molar-refractivity contribution in [3.63, 3.8) is 0 Å². The molecule has 1 nitrogen and oxygen atoms in total. The predicted molar refractivity (Wildman–Crippen MR) is 93.3 cm³/mol. The summed E-state index contributed by atoms with van der Waals surface area (Å²) in [4.78, 5) is 0. The molecule has 0 aromatic rings. The van der Waals surface area contributed by atoms with Gasteiger partial charge in [0.25, 0.3) is 0 Å². The van der Waals surface area contributed by atoms with Gasteiger partial charge in [-0.2, -0.15) is 0 Å². The van der Waals surface area contributed by atoms with Crippen LogP contribution in [0.15, 0.2) is 47.1 Å². The average molecular weight is 288 g/mol. The zero-order chi connectivity index (χ0) is 15.7. The van der Waals surface area contributed by atoms with Crippen molar-refractivity contribution in [3.8, 4) is 0 Å². The zero-order valence-electron chi connectivity index (χ0n) is 14.1. The van der Waals surface area contributed by atoms with Crippen LogP contribution in [-0.2, 0) is 0 Å². The smallest absolute Gasteiger partial charge is 0.0641 e. The molecule has 1 atom stereocenters. The predicted octanol–water partition coefficient (Wildman–Crippen LogP) is 5.73. The Labute approximate surface area is 131 Å². The molecule has 1 rings (SSSR count). The minimum absolute atomic E-state index is 0.113. The summed E-state index contributed by atoms with van der Waals surface area (Å²) >= 11 is 0. The molecule has 0 aromatic heterocycles. The molecule has 0 aromatic carbocycles. The average Bonchev–Trinajstić information content (AvgIpc) is 2.45. The minimum atomic E-state index is 0.113. The Morgan fingerprint density at radius 1 is 1.00 bits per heavy atom. The van der Waals surface area contributed by atoms with Gasteiger partial charge in [-0.05, 0) is 77.2 Å². The molecule has 21 heavy (non-hydrogen) atoms. The molecule has 0 bridgehead atoms. The second kappa shape index (κ2) is 9.78. The van der Waals surface area contributed by atoms with E-state index in [4.69, 9.17) is 0 Å². The van der Waals surface area contributed by atoms with E-state index in [1.165, 1.54) is 23.1 Å². The fraction of sp³-hybridized carbons (Fsp3) is 0.600. The lowest BCUT2D eigenvalue weighted by atomic mass is 9.89. The monoisotopic (exact) mass is 288 g/mol. The molecule has 1 heteroatoms. The Morgan fingerprint density at radius 2 is 1.52 bits per heavy atom. The summed E-state index contributed by atoms with van der Waals surface area (Å²) in [7, 11) is 0. The molecule has 0 fully saturated rings. The third-order valence-electron chi connectivity index (χ3n) is 4.48. The molecule has 1 unspecified atom stereocenters. The number of aliphatic hydroxyl groups is 1. The second-order valence-electron chi connectivity index (χ2n) is 6.52.